The number of pyridine rings is 1. The minimum absolute atomic E-state index is 0.353. The van der Waals surface area contributed by atoms with E-state index in [0.717, 1.165) is 18.4 Å². The first kappa shape index (κ1) is 26.7. The molecule has 3 heterocycles. The monoisotopic (exact) mass is 571 g/mol. The van der Waals surface area contributed by atoms with Crippen LogP contribution in [0.2, 0.25) is 0 Å². The molecule has 1 fully saturated rings. The van der Waals surface area contributed by atoms with Gasteiger partial charge in [-0.1, -0.05) is 12.1 Å². The van der Waals surface area contributed by atoms with Crippen LogP contribution in [0.1, 0.15) is 34.6 Å². The quantitative estimate of drug-likeness (QED) is 0.287. The molecule has 0 amide bonds. The van der Waals surface area contributed by atoms with Gasteiger partial charge in [0.1, 0.15) is 6.04 Å². The first-order valence-electron chi connectivity index (χ1n) is 11.9. The van der Waals surface area contributed by atoms with E-state index < -0.39 is 33.8 Å². The predicted molar refractivity (Wildman–Crippen MR) is 148 cm³/mol. The average Bonchev–Trinajstić information content (AvgIpc) is 3.49. The van der Waals surface area contributed by atoms with Crippen LogP contribution in [-0.4, -0.2) is 29.3 Å². The van der Waals surface area contributed by atoms with Gasteiger partial charge in [-0.25, -0.2) is 8.42 Å². The highest BCUT2D eigenvalue weighted by atomic mass is 32.2. The van der Waals surface area contributed by atoms with Gasteiger partial charge in [0.25, 0.3) is 0 Å². The molecule has 2 aromatic heterocycles. The predicted octanol–water partition coefficient (Wildman–Crippen LogP) is 5.75. The Hall–Kier alpha value is -3.90. The van der Waals surface area contributed by atoms with E-state index in [2.05, 4.69) is 15.0 Å². The smallest absolute Gasteiger partial charge is 0.351 e. The number of hydrogen-bond donors (Lipinski definition) is 2. The molecule has 0 bridgehead atoms. The molecule has 0 aliphatic carbocycles. The van der Waals surface area contributed by atoms with Crippen LogP contribution in [0.3, 0.4) is 0 Å². The first-order chi connectivity index (χ1) is 18.4. The highest BCUT2D eigenvalue weighted by Crippen LogP contribution is 2.43. The van der Waals surface area contributed by atoms with Crippen LogP contribution in [0.25, 0.3) is 5.69 Å². The zero-order valence-corrected chi connectivity index (χ0v) is 22.5. The topological polar surface area (TPSA) is 79.3 Å². The van der Waals surface area contributed by atoms with Crippen LogP contribution in [-0.2, 0) is 16.2 Å². The van der Waals surface area contributed by atoms with E-state index in [0.29, 0.717) is 39.1 Å². The summed E-state index contributed by atoms with van der Waals surface area (Å²) >= 11 is 5.76. The number of halogens is 3. The van der Waals surface area contributed by atoms with E-state index >= 15 is 0 Å². The molecule has 0 unspecified atom stereocenters. The Balaban J connectivity index is 1.64. The van der Waals surface area contributed by atoms with Crippen LogP contribution in [0, 0.1) is 6.92 Å². The fraction of sp³-hybridized carbons (Fsp3) is 0.185. The van der Waals surface area contributed by atoms with Crippen LogP contribution in [0.5, 0.6) is 0 Å². The molecule has 2 aromatic carbocycles. The molecule has 1 saturated heterocycles. The zero-order chi connectivity index (χ0) is 27.9. The van der Waals surface area contributed by atoms with Crippen molar-refractivity contribution in [2.75, 3.05) is 15.9 Å². The zero-order valence-electron chi connectivity index (χ0n) is 20.8. The Bertz CT molecular complexity index is 1640. The third-order valence-corrected chi connectivity index (χ3v) is 7.32. The summed E-state index contributed by atoms with van der Waals surface area (Å²) in [6.45, 7) is 1.78. The number of benzene rings is 2. The highest BCUT2D eigenvalue weighted by Gasteiger charge is 2.42. The Morgan fingerprint density at radius 2 is 1.79 bits per heavy atom. The Morgan fingerprint density at radius 1 is 1.00 bits per heavy atom. The van der Waals surface area contributed by atoms with E-state index in [1.54, 1.807) is 54.2 Å². The number of nitrogens with one attached hydrogen (secondary N) is 2. The summed E-state index contributed by atoms with van der Waals surface area (Å²) in [6.07, 6.45) is -0.0252. The van der Waals surface area contributed by atoms with Crippen molar-refractivity contribution >= 4 is 38.7 Å². The second kappa shape index (κ2) is 10.0. The Labute approximate surface area is 229 Å². The molecular formula is C27H24F3N5O2S2. The molecule has 1 aliphatic heterocycles. The number of sulfonamides is 1. The van der Waals surface area contributed by atoms with Crippen molar-refractivity contribution in [3.63, 3.8) is 0 Å². The summed E-state index contributed by atoms with van der Waals surface area (Å²) in [5, 5.41) is 3.73. The number of aryl methyl sites for hydroxylation is 1. The molecule has 39 heavy (non-hydrogen) atoms. The lowest BCUT2D eigenvalue weighted by Crippen LogP contribution is -2.30. The number of anilines is 2. The van der Waals surface area contributed by atoms with Gasteiger partial charge in [0.15, 0.2) is 5.11 Å². The van der Waals surface area contributed by atoms with Gasteiger partial charge in [0.05, 0.1) is 29.2 Å². The van der Waals surface area contributed by atoms with Gasteiger partial charge in [0, 0.05) is 29.5 Å². The Kier molecular flexibility index (Phi) is 6.85. The molecule has 2 atom stereocenters. The third kappa shape index (κ3) is 5.48. The second-order valence-corrected chi connectivity index (χ2v) is 11.4. The number of alkyl halides is 3. The molecular weight excluding hydrogens is 547 g/mol. The third-order valence-electron chi connectivity index (χ3n) is 6.42. The van der Waals surface area contributed by atoms with Crippen molar-refractivity contribution in [2.24, 2.45) is 0 Å². The fourth-order valence-electron chi connectivity index (χ4n) is 4.75. The fourth-order valence-corrected chi connectivity index (χ4v) is 5.72. The molecule has 1 aliphatic rings. The van der Waals surface area contributed by atoms with Gasteiger partial charge >= 0.3 is 6.18 Å². The first-order valence-corrected chi connectivity index (χ1v) is 14.2. The summed E-state index contributed by atoms with van der Waals surface area (Å²) in [5.74, 6) is 0. The molecule has 7 nitrogen and oxygen atoms in total. The van der Waals surface area contributed by atoms with Crippen LogP contribution in [0.4, 0.5) is 24.5 Å². The largest absolute Gasteiger partial charge is 0.416 e. The molecule has 12 heteroatoms. The molecule has 0 spiro atoms. The lowest BCUT2D eigenvalue weighted by atomic mass is 10.00. The molecule has 0 saturated carbocycles. The number of aromatic nitrogens is 2. The van der Waals surface area contributed by atoms with Gasteiger partial charge in [-0.3, -0.25) is 9.71 Å². The van der Waals surface area contributed by atoms with Gasteiger partial charge in [0.2, 0.25) is 10.0 Å². The van der Waals surface area contributed by atoms with E-state index in [1.165, 1.54) is 6.07 Å². The second-order valence-electron chi connectivity index (χ2n) is 9.22. The number of rotatable bonds is 6. The average molecular weight is 572 g/mol. The minimum atomic E-state index is -4.48. The number of nitrogens with zero attached hydrogens (tertiary/aromatic N) is 3. The van der Waals surface area contributed by atoms with Crippen LogP contribution >= 0.6 is 12.2 Å². The lowest BCUT2D eigenvalue weighted by molar-refractivity contribution is -0.137. The Morgan fingerprint density at radius 3 is 2.46 bits per heavy atom. The standard InChI is InChI=1S/C27H24F3N5O2S2/c1-17-15-20(11-12-21(17)33-39(2,36)37)35-25(24(32-26(35)38)22-9-3-4-13-31-22)23-10-6-14-34(23)19-8-5-7-18(16-19)27(28,29)30/h3-16,24-25,33H,1-2H3,(H,32,38)/t24-,25+/m0/s1. The van der Waals surface area contributed by atoms with Crippen molar-refractivity contribution in [3.05, 3.63) is 108 Å². The van der Waals surface area contributed by atoms with Crippen LogP contribution in [0.15, 0.2) is 85.2 Å². The number of thiocarbonyl (C=S) groups is 1. The van der Waals surface area contributed by atoms with Gasteiger partial charge in [-0.2, -0.15) is 13.2 Å². The maximum Gasteiger partial charge on any atom is 0.416 e. The maximum atomic E-state index is 13.5. The summed E-state index contributed by atoms with van der Waals surface area (Å²) < 4.78 is 68.3. The molecule has 202 valence electrons. The summed E-state index contributed by atoms with van der Waals surface area (Å²) in [7, 11) is -3.48. The van der Waals surface area contributed by atoms with E-state index in [9.17, 15) is 21.6 Å². The van der Waals surface area contributed by atoms with Crippen molar-refractivity contribution in [3.8, 4) is 5.69 Å². The molecule has 0 radical (unpaired) electrons. The van der Waals surface area contributed by atoms with E-state index in [4.69, 9.17) is 12.2 Å². The van der Waals surface area contributed by atoms with E-state index in [-0.39, 0.29) is 0 Å². The molecule has 2 N–H and O–H groups in total. The highest BCUT2D eigenvalue weighted by molar-refractivity contribution is 7.92. The van der Waals surface area contributed by atoms with E-state index in [1.807, 2.05) is 29.2 Å². The SMILES string of the molecule is Cc1cc(N2C(=S)N[C@@H](c3ccccn3)[C@H]2c2cccn2-c2cccc(C(F)(F)F)c2)ccc1NS(C)(=O)=O. The summed E-state index contributed by atoms with van der Waals surface area (Å²) in [5.41, 5.74) is 2.79. The van der Waals surface area contributed by atoms with Crippen molar-refractivity contribution in [1.82, 2.24) is 14.9 Å². The van der Waals surface area contributed by atoms with Crippen molar-refractivity contribution in [1.29, 1.82) is 0 Å². The van der Waals surface area contributed by atoms with Gasteiger partial charge in [-0.15, -0.1) is 0 Å². The van der Waals surface area contributed by atoms with Gasteiger partial charge < -0.3 is 14.8 Å². The maximum absolute atomic E-state index is 13.5. The normalized spacial score (nSPS) is 17.8. The minimum Gasteiger partial charge on any atom is -0.351 e. The summed E-state index contributed by atoms with van der Waals surface area (Å²) in [4.78, 5) is 6.40. The number of hydrogen-bond acceptors (Lipinski definition) is 4. The van der Waals surface area contributed by atoms with Crippen LogP contribution < -0.4 is 14.9 Å². The molecule has 4 aromatic rings. The van der Waals surface area contributed by atoms with Crippen molar-refractivity contribution < 1.29 is 21.6 Å². The molecule has 5 rings (SSSR count). The van der Waals surface area contributed by atoms with Gasteiger partial charge in [-0.05, 0) is 85.4 Å². The lowest BCUT2D eigenvalue weighted by Gasteiger charge is -2.29. The summed E-state index contributed by atoms with van der Waals surface area (Å²) in [6, 6.07) is 18.6. The van der Waals surface area contributed by atoms with Crippen molar-refractivity contribution in [2.45, 2.75) is 25.2 Å².